The smallest absolute Gasteiger partial charge is 0.138 e. The first-order valence-corrected chi connectivity index (χ1v) is 8.01. The Kier molecular flexibility index (Phi) is 4.84. The monoisotopic (exact) mass is 278 g/mol. The number of hydrogen-bond donors (Lipinski definition) is 1. The van der Waals surface area contributed by atoms with Crippen molar-refractivity contribution in [2.45, 2.75) is 59.9 Å². The summed E-state index contributed by atoms with van der Waals surface area (Å²) in [6.45, 7) is 13.5. The molecule has 4 nitrogen and oxygen atoms in total. The quantitative estimate of drug-likeness (QED) is 0.794. The molecular weight excluding hydrogens is 248 g/mol. The van der Waals surface area contributed by atoms with Gasteiger partial charge < -0.3 is 5.32 Å². The minimum atomic E-state index is 0.314. The van der Waals surface area contributed by atoms with Gasteiger partial charge in [-0.25, -0.2) is 9.67 Å². The van der Waals surface area contributed by atoms with Crippen LogP contribution in [0.3, 0.4) is 0 Å². The lowest BCUT2D eigenvalue weighted by molar-refractivity contribution is 0.241. The van der Waals surface area contributed by atoms with Crippen LogP contribution in [-0.4, -0.2) is 27.9 Å². The van der Waals surface area contributed by atoms with Gasteiger partial charge in [0.2, 0.25) is 0 Å². The van der Waals surface area contributed by atoms with Gasteiger partial charge in [-0.3, -0.25) is 0 Å². The number of nitrogens with zero attached hydrogens (tertiary/aromatic N) is 3. The summed E-state index contributed by atoms with van der Waals surface area (Å²) in [5, 5.41) is 8.02. The van der Waals surface area contributed by atoms with E-state index in [1.54, 1.807) is 6.33 Å². The van der Waals surface area contributed by atoms with Gasteiger partial charge >= 0.3 is 0 Å². The summed E-state index contributed by atoms with van der Waals surface area (Å²) in [5.41, 5.74) is 0.314. The van der Waals surface area contributed by atoms with Crippen LogP contribution >= 0.6 is 0 Å². The molecule has 0 aliphatic heterocycles. The Bertz CT molecular complexity index is 420. The zero-order valence-corrected chi connectivity index (χ0v) is 13.7. The molecule has 0 bridgehead atoms. The first kappa shape index (κ1) is 15.5. The minimum absolute atomic E-state index is 0.314. The van der Waals surface area contributed by atoms with Gasteiger partial charge in [0.15, 0.2) is 0 Å². The van der Waals surface area contributed by atoms with E-state index in [0.29, 0.717) is 17.4 Å². The van der Waals surface area contributed by atoms with E-state index in [-0.39, 0.29) is 0 Å². The molecule has 0 amide bonds. The maximum absolute atomic E-state index is 4.50. The predicted molar refractivity (Wildman–Crippen MR) is 82.6 cm³/mol. The Balaban J connectivity index is 2.02. The zero-order chi connectivity index (χ0) is 14.8. The fraction of sp³-hybridized carbons (Fsp3) is 0.875. The number of aromatic nitrogens is 3. The standard InChI is InChI=1S/C16H30N4/c1-12(2)9-17-10-16(5,14-6-7-14)8-15-18-11-19-20(15)13(3)4/h11-14,17H,6-10H2,1-5H3. The van der Waals surface area contributed by atoms with Gasteiger partial charge in [-0.1, -0.05) is 20.8 Å². The normalized spacial score (nSPS) is 18.8. The first-order valence-electron chi connectivity index (χ1n) is 8.01. The van der Waals surface area contributed by atoms with E-state index in [0.717, 1.165) is 31.3 Å². The highest BCUT2D eigenvalue weighted by Crippen LogP contribution is 2.46. The van der Waals surface area contributed by atoms with Crippen molar-refractivity contribution < 1.29 is 0 Å². The van der Waals surface area contributed by atoms with Crippen molar-refractivity contribution in [3.63, 3.8) is 0 Å². The third-order valence-electron chi connectivity index (χ3n) is 4.34. The van der Waals surface area contributed by atoms with Crippen molar-refractivity contribution in [2.24, 2.45) is 17.3 Å². The first-order chi connectivity index (χ1) is 9.42. The molecule has 1 heterocycles. The highest BCUT2D eigenvalue weighted by Gasteiger charge is 2.42. The van der Waals surface area contributed by atoms with Crippen molar-refractivity contribution in [3.05, 3.63) is 12.2 Å². The Hall–Kier alpha value is -0.900. The molecule has 2 rings (SSSR count). The topological polar surface area (TPSA) is 42.7 Å². The van der Waals surface area contributed by atoms with E-state index in [1.165, 1.54) is 12.8 Å². The largest absolute Gasteiger partial charge is 0.316 e. The maximum atomic E-state index is 4.50. The van der Waals surface area contributed by atoms with Crippen LogP contribution in [0.2, 0.25) is 0 Å². The lowest BCUT2D eigenvalue weighted by Gasteiger charge is -2.30. The van der Waals surface area contributed by atoms with Crippen LogP contribution in [0.15, 0.2) is 6.33 Å². The van der Waals surface area contributed by atoms with Crippen LogP contribution in [-0.2, 0) is 6.42 Å². The summed E-state index contributed by atoms with van der Waals surface area (Å²) >= 11 is 0. The average Bonchev–Trinajstić information content (AvgIpc) is 3.11. The molecular formula is C16H30N4. The second-order valence-electron chi connectivity index (χ2n) is 7.34. The minimum Gasteiger partial charge on any atom is -0.316 e. The summed E-state index contributed by atoms with van der Waals surface area (Å²) in [6.07, 6.45) is 5.47. The lowest BCUT2D eigenvalue weighted by atomic mass is 9.81. The second kappa shape index (κ2) is 6.25. The van der Waals surface area contributed by atoms with Crippen molar-refractivity contribution in [1.29, 1.82) is 0 Å². The van der Waals surface area contributed by atoms with Crippen molar-refractivity contribution in [3.8, 4) is 0 Å². The van der Waals surface area contributed by atoms with Gasteiger partial charge in [0.1, 0.15) is 12.2 Å². The van der Waals surface area contributed by atoms with Gasteiger partial charge in [0.25, 0.3) is 0 Å². The summed E-state index contributed by atoms with van der Waals surface area (Å²) in [7, 11) is 0. The molecule has 1 aliphatic rings. The fourth-order valence-corrected chi connectivity index (χ4v) is 2.97. The van der Waals surface area contributed by atoms with E-state index < -0.39 is 0 Å². The Labute approximate surface area is 123 Å². The molecule has 1 aliphatic carbocycles. The molecule has 1 N–H and O–H groups in total. The molecule has 0 radical (unpaired) electrons. The van der Waals surface area contributed by atoms with E-state index in [1.807, 2.05) is 0 Å². The fourth-order valence-electron chi connectivity index (χ4n) is 2.97. The number of rotatable bonds is 8. The molecule has 4 heteroatoms. The molecule has 1 fully saturated rings. The van der Waals surface area contributed by atoms with Gasteiger partial charge in [0, 0.05) is 19.0 Å². The van der Waals surface area contributed by atoms with Crippen LogP contribution in [0.5, 0.6) is 0 Å². The van der Waals surface area contributed by atoms with Crippen LogP contribution in [0.4, 0.5) is 0 Å². The van der Waals surface area contributed by atoms with Crippen molar-refractivity contribution in [2.75, 3.05) is 13.1 Å². The Morgan fingerprint density at radius 2 is 2.05 bits per heavy atom. The molecule has 1 saturated carbocycles. The van der Waals surface area contributed by atoms with E-state index in [4.69, 9.17) is 0 Å². The van der Waals surface area contributed by atoms with Gasteiger partial charge in [-0.05, 0) is 50.5 Å². The molecule has 1 aromatic rings. The van der Waals surface area contributed by atoms with Crippen molar-refractivity contribution in [1.82, 2.24) is 20.1 Å². The molecule has 0 spiro atoms. The molecule has 0 saturated heterocycles. The molecule has 1 unspecified atom stereocenters. The highest BCUT2D eigenvalue weighted by atomic mass is 15.3. The van der Waals surface area contributed by atoms with E-state index in [9.17, 15) is 0 Å². The summed E-state index contributed by atoms with van der Waals surface area (Å²) < 4.78 is 2.07. The van der Waals surface area contributed by atoms with Gasteiger partial charge in [0.05, 0.1) is 0 Å². The number of hydrogen-bond acceptors (Lipinski definition) is 3. The van der Waals surface area contributed by atoms with Crippen LogP contribution in [0.25, 0.3) is 0 Å². The van der Waals surface area contributed by atoms with Gasteiger partial charge in [-0.2, -0.15) is 5.10 Å². The molecule has 114 valence electrons. The molecule has 20 heavy (non-hydrogen) atoms. The highest BCUT2D eigenvalue weighted by molar-refractivity contribution is 5.01. The van der Waals surface area contributed by atoms with E-state index in [2.05, 4.69) is 54.7 Å². The third kappa shape index (κ3) is 3.81. The zero-order valence-electron chi connectivity index (χ0n) is 13.7. The maximum Gasteiger partial charge on any atom is 0.138 e. The van der Waals surface area contributed by atoms with Gasteiger partial charge in [-0.15, -0.1) is 0 Å². The van der Waals surface area contributed by atoms with Crippen LogP contribution in [0, 0.1) is 17.3 Å². The second-order valence-corrected chi connectivity index (χ2v) is 7.34. The molecule has 0 aromatic carbocycles. The number of nitrogens with one attached hydrogen (secondary N) is 1. The Morgan fingerprint density at radius 3 is 2.60 bits per heavy atom. The molecule has 1 atom stereocenters. The lowest BCUT2D eigenvalue weighted by Crippen LogP contribution is -2.38. The average molecular weight is 278 g/mol. The predicted octanol–water partition coefficient (Wildman–Crippen LogP) is 3.06. The van der Waals surface area contributed by atoms with E-state index >= 15 is 0 Å². The summed E-state index contributed by atoms with van der Waals surface area (Å²) in [4.78, 5) is 4.50. The SMILES string of the molecule is CC(C)CNCC(C)(Cc1ncnn1C(C)C)C1CC1. The van der Waals surface area contributed by atoms with Crippen LogP contribution < -0.4 is 5.32 Å². The molecule has 1 aromatic heterocycles. The third-order valence-corrected chi connectivity index (χ3v) is 4.34. The van der Waals surface area contributed by atoms with Crippen molar-refractivity contribution >= 4 is 0 Å². The summed E-state index contributed by atoms with van der Waals surface area (Å²) in [6, 6.07) is 0.388. The Morgan fingerprint density at radius 1 is 1.35 bits per heavy atom. The van der Waals surface area contributed by atoms with Crippen LogP contribution in [0.1, 0.15) is 59.3 Å². The summed E-state index contributed by atoms with van der Waals surface area (Å²) in [5.74, 6) is 2.69.